The van der Waals surface area contributed by atoms with E-state index in [0.717, 1.165) is 39.9 Å². The van der Waals surface area contributed by atoms with Crippen molar-refractivity contribution in [1.29, 1.82) is 0 Å². The first kappa shape index (κ1) is 25.6. The predicted molar refractivity (Wildman–Crippen MR) is 142 cm³/mol. The van der Waals surface area contributed by atoms with Gasteiger partial charge in [-0.15, -0.1) is 0 Å². The third-order valence-electron chi connectivity index (χ3n) is 4.86. The summed E-state index contributed by atoms with van der Waals surface area (Å²) in [6.45, 7) is 2.09. The third kappa shape index (κ3) is 9.40. The summed E-state index contributed by atoms with van der Waals surface area (Å²) in [5, 5.41) is 6.54. The van der Waals surface area contributed by atoms with Crippen molar-refractivity contribution in [3.8, 4) is 0 Å². The van der Waals surface area contributed by atoms with E-state index in [1.165, 1.54) is 5.56 Å². The second-order valence-corrected chi connectivity index (χ2v) is 9.34. The molecule has 3 aromatic carbocycles. The van der Waals surface area contributed by atoms with Crippen LogP contribution in [0, 0.1) is 6.92 Å². The zero-order valence-electron chi connectivity index (χ0n) is 19.9. The van der Waals surface area contributed by atoms with Crippen LogP contribution in [0.4, 0.5) is 28.4 Å². The fraction of sp³-hybridized carbons (Fsp3) is 0.111. The van der Waals surface area contributed by atoms with Gasteiger partial charge in [0, 0.05) is 78.9 Å². The summed E-state index contributed by atoms with van der Waals surface area (Å²) in [6.07, 6.45) is 8.91. The number of nitrogens with one attached hydrogen (secondary N) is 4. The van der Waals surface area contributed by atoms with Gasteiger partial charge in [0.15, 0.2) is 0 Å². The molecule has 3 aromatic rings. The summed E-state index contributed by atoms with van der Waals surface area (Å²) in [4.78, 5) is 6.86. The molecule has 4 rings (SSSR count). The summed E-state index contributed by atoms with van der Waals surface area (Å²) in [7, 11) is -2.00. The van der Waals surface area contributed by atoms with Crippen molar-refractivity contribution >= 4 is 50.0 Å². The lowest BCUT2D eigenvalue weighted by Gasteiger charge is -2.07. The molecule has 1 aliphatic rings. The monoisotopic (exact) mass is 489 g/mol. The molecule has 0 fully saturated rings. The zero-order chi connectivity index (χ0) is 25.3. The highest BCUT2D eigenvalue weighted by atomic mass is 32.2. The Bertz CT molecular complexity index is 1330. The Morgan fingerprint density at radius 3 is 1.40 bits per heavy atom. The molecule has 0 amide bonds. The highest BCUT2D eigenvalue weighted by Crippen LogP contribution is 2.19. The van der Waals surface area contributed by atoms with Gasteiger partial charge in [-0.25, -0.2) is 18.4 Å². The van der Waals surface area contributed by atoms with Crippen LogP contribution in [0.3, 0.4) is 0 Å². The van der Waals surface area contributed by atoms with Crippen molar-refractivity contribution in [2.75, 3.05) is 23.9 Å². The summed E-state index contributed by atoms with van der Waals surface area (Å²) >= 11 is 0. The molecule has 8 heteroatoms. The predicted octanol–water partition coefficient (Wildman–Crippen LogP) is 2.07. The van der Waals surface area contributed by atoms with Gasteiger partial charge in [0.05, 0.1) is 10.1 Å². The number of benzene rings is 3. The lowest BCUT2D eigenvalue weighted by molar-refractivity contribution is -0.353. The third-order valence-corrected chi connectivity index (χ3v) is 4.86. The largest absolute Gasteiger partial charge is 0.748 e. The molecule has 0 heterocycles. The highest BCUT2D eigenvalue weighted by molar-refractivity contribution is 7.84. The van der Waals surface area contributed by atoms with E-state index in [2.05, 4.69) is 125 Å². The Morgan fingerprint density at radius 2 is 1.00 bits per heavy atom. The summed E-state index contributed by atoms with van der Waals surface area (Å²) < 4.78 is 27.2. The normalized spacial score (nSPS) is 12.5. The van der Waals surface area contributed by atoms with E-state index in [4.69, 9.17) is 13.0 Å². The molecule has 7 nitrogen and oxygen atoms in total. The zero-order valence-corrected chi connectivity index (χ0v) is 20.7. The molecular formula is C27H29N4O3S+. The molecule has 0 radical (unpaired) electrons. The number of aryl methyl sites for hydroxylation is 1. The number of hydrogen-bond acceptors (Lipinski definition) is 5. The van der Waals surface area contributed by atoms with E-state index in [1.54, 1.807) is 0 Å². The minimum Gasteiger partial charge on any atom is -0.748 e. The number of anilines is 3. The molecule has 0 saturated carbocycles. The molecule has 0 unspecified atom stereocenters. The maximum absolute atomic E-state index is 9.08. The van der Waals surface area contributed by atoms with E-state index in [-0.39, 0.29) is 0 Å². The van der Waals surface area contributed by atoms with Gasteiger partial charge in [-0.05, 0) is 43.3 Å². The minimum atomic E-state index is -3.92. The van der Waals surface area contributed by atoms with Crippen LogP contribution >= 0.6 is 0 Å². The first-order chi connectivity index (χ1) is 16.7. The smallest absolute Gasteiger partial charge is 0.204 e. The minimum absolute atomic E-state index is 0.604. The van der Waals surface area contributed by atoms with Gasteiger partial charge in [-0.3, -0.25) is 0 Å². The standard InChI is InChI=1S/C26H24N4.CH4O3S/c1-19-3-5-21(6-4-19)28-23-11-13-25(14-12-23)30-26-17-15-24(16-18-26)29-22-9-7-20(27-2)8-10-22;1-5(2,3)4/h3-18,27,29H,1-2H3;1H3,(H,2,3,4)/p+1. The molecular weight excluding hydrogens is 460 g/mol. The molecule has 180 valence electrons. The highest BCUT2D eigenvalue weighted by Gasteiger charge is 2.09. The first-order valence-corrected chi connectivity index (χ1v) is 12.8. The van der Waals surface area contributed by atoms with Gasteiger partial charge >= 0.3 is 0 Å². The maximum atomic E-state index is 9.08. The lowest BCUT2D eigenvalue weighted by atomic mass is 10.1. The molecule has 0 aliphatic heterocycles. The number of rotatable bonds is 5. The number of allylic oxidation sites excluding steroid dienone is 4. The van der Waals surface area contributed by atoms with Crippen molar-refractivity contribution in [1.82, 2.24) is 0 Å². The Balaban J connectivity index is 0.000000623. The van der Waals surface area contributed by atoms with Crippen LogP contribution in [-0.2, 0) is 10.1 Å². The summed E-state index contributed by atoms with van der Waals surface area (Å²) in [5.74, 6) is 0. The average Bonchev–Trinajstić information content (AvgIpc) is 2.82. The first-order valence-electron chi connectivity index (χ1n) is 10.9. The van der Waals surface area contributed by atoms with E-state index >= 15 is 0 Å². The topological polar surface area (TPSA) is 109 Å². The molecule has 35 heavy (non-hydrogen) atoms. The van der Waals surface area contributed by atoms with Gasteiger partial charge in [-0.2, -0.15) is 0 Å². The fourth-order valence-corrected chi connectivity index (χ4v) is 3.13. The SMILES string of the molecule is CNc1ccc(Nc2ccc([NH+]=C3C=CC(=[NH+]c4ccc(C)cc4)C=C3)cc2)cc1.CS(=O)(=O)[O-]. The molecule has 0 aromatic heterocycles. The molecule has 0 atom stereocenters. The van der Waals surface area contributed by atoms with Crippen molar-refractivity contribution in [2.24, 2.45) is 0 Å². The van der Waals surface area contributed by atoms with Gasteiger partial charge in [0.2, 0.25) is 22.8 Å². The van der Waals surface area contributed by atoms with Gasteiger partial charge in [0.25, 0.3) is 0 Å². The van der Waals surface area contributed by atoms with Gasteiger partial charge in [0.1, 0.15) is 0 Å². The molecule has 1 aliphatic carbocycles. The van der Waals surface area contributed by atoms with Crippen LogP contribution in [0.25, 0.3) is 0 Å². The van der Waals surface area contributed by atoms with Crippen molar-refractivity contribution in [3.05, 3.63) is 103 Å². The van der Waals surface area contributed by atoms with Crippen LogP contribution in [0.2, 0.25) is 0 Å². The Kier molecular flexibility index (Phi) is 8.72. The quantitative estimate of drug-likeness (QED) is 0.324. The van der Waals surface area contributed by atoms with E-state index in [9.17, 15) is 0 Å². The van der Waals surface area contributed by atoms with E-state index in [0.29, 0.717) is 6.26 Å². The lowest BCUT2D eigenvalue weighted by Crippen LogP contribution is -2.68. The fourth-order valence-electron chi connectivity index (χ4n) is 3.13. The van der Waals surface area contributed by atoms with Crippen LogP contribution in [0.5, 0.6) is 0 Å². The summed E-state index contributed by atoms with van der Waals surface area (Å²) in [6, 6.07) is 24.9. The maximum Gasteiger partial charge on any atom is 0.204 e. The molecule has 0 spiro atoms. The Hall–Kier alpha value is -4.01. The van der Waals surface area contributed by atoms with Crippen molar-refractivity contribution < 1.29 is 23.0 Å². The molecule has 4 N–H and O–H groups in total. The van der Waals surface area contributed by atoms with Crippen molar-refractivity contribution in [3.63, 3.8) is 0 Å². The van der Waals surface area contributed by atoms with Crippen LogP contribution in [0.1, 0.15) is 5.56 Å². The van der Waals surface area contributed by atoms with Crippen LogP contribution in [-0.4, -0.2) is 37.7 Å². The Morgan fingerprint density at radius 1 is 0.657 bits per heavy atom. The second kappa shape index (κ2) is 11.9. The van der Waals surface area contributed by atoms with Crippen LogP contribution in [0.15, 0.2) is 97.1 Å². The Labute approximate surface area is 206 Å². The van der Waals surface area contributed by atoms with Crippen LogP contribution < -0.4 is 20.6 Å². The van der Waals surface area contributed by atoms with Crippen molar-refractivity contribution in [2.45, 2.75) is 6.92 Å². The molecule has 0 saturated heterocycles. The second-order valence-electron chi connectivity index (χ2n) is 7.93. The summed E-state index contributed by atoms with van der Waals surface area (Å²) in [5.41, 5.74) is 8.71. The van der Waals surface area contributed by atoms with Gasteiger partial charge in [-0.1, -0.05) is 17.7 Å². The average molecular weight is 490 g/mol. The molecule has 0 bridgehead atoms. The van der Waals surface area contributed by atoms with E-state index < -0.39 is 10.1 Å². The van der Waals surface area contributed by atoms with Gasteiger partial charge < -0.3 is 15.2 Å². The number of hydrogen-bond donors (Lipinski definition) is 4. The van der Waals surface area contributed by atoms with E-state index in [1.807, 2.05) is 7.05 Å².